The SMILES string of the molecule is CCOc1cc(C(C)NCCCCc2ccccc2)cc(OCC)c1Br.Cl. The van der Waals surface area contributed by atoms with Gasteiger partial charge < -0.3 is 14.8 Å². The third-order valence-electron chi connectivity index (χ3n) is 4.31. The first-order chi connectivity index (χ1) is 12.7. The minimum Gasteiger partial charge on any atom is -0.493 e. The zero-order valence-corrected chi connectivity index (χ0v) is 18.9. The van der Waals surface area contributed by atoms with Crippen molar-refractivity contribution in [2.24, 2.45) is 0 Å². The number of nitrogens with one attached hydrogen (secondary N) is 1. The summed E-state index contributed by atoms with van der Waals surface area (Å²) in [5.74, 6) is 1.68. The lowest BCUT2D eigenvalue weighted by Crippen LogP contribution is -2.20. The van der Waals surface area contributed by atoms with Crippen LogP contribution in [0.2, 0.25) is 0 Å². The van der Waals surface area contributed by atoms with Crippen LogP contribution in [-0.4, -0.2) is 19.8 Å². The maximum absolute atomic E-state index is 5.75. The highest BCUT2D eigenvalue weighted by Crippen LogP contribution is 2.37. The summed E-state index contributed by atoms with van der Waals surface area (Å²) in [6.45, 7) is 8.44. The van der Waals surface area contributed by atoms with Crippen molar-refractivity contribution in [2.75, 3.05) is 19.8 Å². The van der Waals surface area contributed by atoms with Gasteiger partial charge in [0.15, 0.2) is 0 Å². The molecule has 0 aliphatic rings. The molecule has 0 saturated heterocycles. The first kappa shape index (κ1) is 23.8. The maximum Gasteiger partial charge on any atom is 0.137 e. The van der Waals surface area contributed by atoms with Crippen LogP contribution in [0.3, 0.4) is 0 Å². The molecule has 5 heteroatoms. The molecule has 27 heavy (non-hydrogen) atoms. The summed E-state index contributed by atoms with van der Waals surface area (Å²) >= 11 is 3.59. The van der Waals surface area contributed by atoms with Crippen molar-refractivity contribution < 1.29 is 9.47 Å². The zero-order chi connectivity index (χ0) is 18.8. The van der Waals surface area contributed by atoms with Crippen molar-refractivity contribution in [3.05, 3.63) is 58.1 Å². The van der Waals surface area contributed by atoms with Gasteiger partial charge in [0.25, 0.3) is 0 Å². The normalized spacial score (nSPS) is 11.6. The Labute approximate surface area is 178 Å². The van der Waals surface area contributed by atoms with Crippen molar-refractivity contribution in [3.63, 3.8) is 0 Å². The highest BCUT2D eigenvalue weighted by molar-refractivity contribution is 9.10. The summed E-state index contributed by atoms with van der Waals surface area (Å²) in [5, 5.41) is 3.62. The number of unbranched alkanes of at least 4 members (excludes halogenated alkanes) is 1. The van der Waals surface area contributed by atoms with Gasteiger partial charge in [-0.05, 0) is 85.8 Å². The first-order valence-corrected chi connectivity index (χ1v) is 10.3. The molecule has 1 N–H and O–H groups in total. The first-order valence-electron chi connectivity index (χ1n) is 9.52. The van der Waals surface area contributed by atoms with E-state index >= 15 is 0 Å². The second kappa shape index (κ2) is 13.0. The van der Waals surface area contributed by atoms with Gasteiger partial charge in [0, 0.05) is 6.04 Å². The molecule has 0 saturated carbocycles. The van der Waals surface area contributed by atoms with Crippen LogP contribution in [0.4, 0.5) is 0 Å². The van der Waals surface area contributed by atoms with Gasteiger partial charge in [-0.1, -0.05) is 30.3 Å². The van der Waals surface area contributed by atoms with E-state index in [1.807, 2.05) is 13.8 Å². The van der Waals surface area contributed by atoms with Gasteiger partial charge in [-0.15, -0.1) is 12.4 Å². The Bertz CT molecular complexity index is 640. The molecule has 0 bridgehead atoms. The fourth-order valence-electron chi connectivity index (χ4n) is 2.90. The quantitative estimate of drug-likeness (QED) is 0.400. The number of hydrogen-bond acceptors (Lipinski definition) is 3. The van der Waals surface area contributed by atoms with Crippen molar-refractivity contribution in [1.29, 1.82) is 0 Å². The molecule has 3 nitrogen and oxygen atoms in total. The van der Waals surface area contributed by atoms with Gasteiger partial charge in [-0.25, -0.2) is 0 Å². The van der Waals surface area contributed by atoms with Gasteiger partial charge in [0.2, 0.25) is 0 Å². The number of benzene rings is 2. The second-order valence-electron chi connectivity index (χ2n) is 6.32. The molecule has 150 valence electrons. The summed E-state index contributed by atoms with van der Waals surface area (Å²) in [7, 11) is 0. The highest BCUT2D eigenvalue weighted by Gasteiger charge is 2.14. The van der Waals surface area contributed by atoms with Crippen LogP contribution in [0, 0.1) is 0 Å². The Morgan fingerprint density at radius 3 is 2.11 bits per heavy atom. The lowest BCUT2D eigenvalue weighted by Gasteiger charge is -2.19. The monoisotopic (exact) mass is 455 g/mol. The van der Waals surface area contributed by atoms with Gasteiger partial charge >= 0.3 is 0 Å². The number of hydrogen-bond donors (Lipinski definition) is 1. The van der Waals surface area contributed by atoms with E-state index in [9.17, 15) is 0 Å². The van der Waals surface area contributed by atoms with Gasteiger partial charge in [0.1, 0.15) is 16.0 Å². The number of halogens is 2. The molecule has 0 fully saturated rings. The van der Waals surface area contributed by atoms with Crippen LogP contribution in [0.25, 0.3) is 0 Å². The van der Waals surface area contributed by atoms with Crippen molar-refractivity contribution >= 4 is 28.3 Å². The summed E-state index contributed by atoms with van der Waals surface area (Å²) in [4.78, 5) is 0. The molecule has 0 spiro atoms. The van der Waals surface area contributed by atoms with Crippen molar-refractivity contribution in [3.8, 4) is 11.5 Å². The predicted octanol–water partition coefficient (Wildman–Crippen LogP) is 6.34. The Kier molecular flexibility index (Phi) is 11.5. The summed E-state index contributed by atoms with van der Waals surface area (Å²) in [6, 6.07) is 15.1. The molecule has 1 unspecified atom stereocenters. The number of aryl methyl sites for hydroxylation is 1. The molecule has 0 aromatic heterocycles. The van der Waals surface area contributed by atoms with E-state index in [0.29, 0.717) is 13.2 Å². The lowest BCUT2D eigenvalue weighted by atomic mass is 10.1. The molecule has 0 amide bonds. The molecule has 2 aromatic carbocycles. The summed E-state index contributed by atoms with van der Waals surface area (Å²) in [6.07, 6.45) is 3.49. The minimum absolute atomic E-state index is 0. The van der Waals surface area contributed by atoms with Crippen LogP contribution in [-0.2, 0) is 6.42 Å². The molecular weight excluding hydrogens is 426 g/mol. The Morgan fingerprint density at radius 1 is 0.963 bits per heavy atom. The Morgan fingerprint density at radius 2 is 1.56 bits per heavy atom. The smallest absolute Gasteiger partial charge is 0.137 e. The van der Waals surface area contributed by atoms with E-state index in [-0.39, 0.29) is 18.4 Å². The third kappa shape index (κ3) is 7.73. The topological polar surface area (TPSA) is 30.5 Å². The number of rotatable bonds is 11. The van der Waals surface area contributed by atoms with Crippen LogP contribution >= 0.6 is 28.3 Å². The number of ether oxygens (including phenoxy) is 2. The zero-order valence-electron chi connectivity index (χ0n) is 16.5. The van der Waals surface area contributed by atoms with E-state index in [1.165, 1.54) is 17.5 Å². The van der Waals surface area contributed by atoms with Crippen LogP contribution in [0.15, 0.2) is 46.9 Å². The van der Waals surface area contributed by atoms with Crippen molar-refractivity contribution in [2.45, 2.75) is 46.1 Å². The van der Waals surface area contributed by atoms with E-state index in [2.05, 4.69) is 70.6 Å². The highest BCUT2D eigenvalue weighted by atomic mass is 79.9. The molecular formula is C22H31BrClNO2. The average Bonchev–Trinajstić information content (AvgIpc) is 2.65. The van der Waals surface area contributed by atoms with Crippen LogP contribution < -0.4 is 14.8 Å². The fourth-order valence-corrected chi connectivity index (χ4v) is 3.36. The van der Waals surface area contributed by atoms with E-state index in [1.54, 1.807) is 0 Å². The lowest BCUT2D eigenvalue weighted by molar-refractivity contribution is 0.318. The van der Waals surface area contributed by atoms with Crippen LogP contribution in [0.5, 0.6) is 11.5 Å². The van der Waals surface area contributed by atoms with E-state index in [4.69, 9.17) is 9.47 Å². The molecule has 0 radical (unpaired) electrons. The molecule has 2 aromatic rings. The fraction of sp³-hybridized carbons (Fsp3) is 0.455. The molecule has 0 aliphatic heterocycles. The molecule has 0 heterocycles. The van der Waals surface area contributed by atoms with E-state index < -0.39 is 0 Å². The third-order valence-corrected chi connectivity index (χ3v) is 5.10. The van der Waals surface area contributed by atoms with Gasteiger partial charge in [0.05, 0.1) is 13.2 Å². The van der Waals surface area contributed by atoms with Gasteiger partial charge in [-0.2, -0.15) is 0 Å². The second-order valence-corrected chi connectivity index (χ2v) is 7.11. The van der Waals surface area contributed by atoms with Crippen LogP contribution in [0.1, 0.15) is 50.8 Å². The van der Waals surface area contributed by atoms with Crippen molar-refractivity contribution in [1.82, 2.24) is 5.32 Å². The minimum atomic E-state index is 0. The Balaban J connectivity index is 0.00000364. The van der Waals surface area contributed by atoms with E-state index in [0.717, 1.165) is 35.4 Å². The average molecular weight is 457 g/mol. The summed E-state index contributed by atoms with van der Waals surface area (Å²) in [5.41, 5.74) is 2.60. The largest absolute Gasteiger partial charge is 0.493 e. The molecule has 2 rings (SSSR count). The Hall–Kier alpha value is -1.23. The van der Waals surface area contributed by atoms with Gasteiger partial charge in [-0.3, -0.25) is 0 Å². The predicted molar refractivity (Wildman–Crippen MR) is 120 cm³/mol. The molecule has 0 aliphatic carbocycles. The maximum atomic E-state index is 5.75. The standard InChI is InChI=1S/C22H30BrNO2.ClH/c1-4-25-20-15-19(16-21(22(20)23)26-5-2)17(3)24-14-10-9-13-18-11-7-6-8-12-18;/h6-8,11-12,15-17,24H,4-5,9-10,13-14H2,1-3H3;1H. The summed E-state index contributed by atoms with van der Waals surface area (Å²) < 4.78 is 12.4. The molecule has 1 atom stereocenters.